The molecule has 2 heterocycles. The largest absolute Gasteiger partial charge is 0.391 e. The minimum Gasteiger partial charge on any atom is -0.391 e. The van der Waals surface area contributed by atoms with Crippen LogP contribution in [0.4, 0.5) is 5.82 Å². The van der Waals surface area contributed by atoms with Crippen molar-refractivity contribution in [2.45, 2.75) is 44.9 Å². The normalized spacial score (nSPS) is 17.9. The second-order valence-corrected chi connectivity index (χ2v) is 10.2. The van der Waals surface area contributed by atoms with Gasteiger partial charge in [0.1, 0.15) is 17.8 Å². The highest BCUT2D eigenvalue weighted by molar-refractivity contribution is 9.10. The molecule has 3 atom stereocenters. The van der Waals surface area contributed by atoms with Gasteiger partial charge < -0.3 is 15.0 Å². The molecule has 1 aromatic carbocycles. The van der Waals surface area contributed by atoms with E-state index in [0.717, 1.165) is 28.5 Å². The zero-order valence-corrected chi connectivity index (χ0v) is 20.0. The first kappa shape index (κ1) is 23.1. The van der Waals surface area contributed by atoms with E-state index in [9.17, 15) is 13.5 Å². The summed E-state index contributed by atoms with van der Waals surface area (Å²) >= 11 is 3.53. The zero-order chi connectivity index (χ0) is 22.9. The quantitative estimate of drug-likeness (QED) is 0.392. The molecule has 4 N–H and O–H groups in total. The lowest BCUT2D eigenvalue weighted by atomic mass is 10.0. The summed E-state index contributed by atoms with van der Waals surface area (Å²) in [7, 11) is -4.05. The fraction of sp³-hybridized carbons (Fsp3) is 0.429. The first-order chi connectivity index (χ1) is 15.2. The van der Waals surface area contributed by atoms with Crippen molar-refractivity contribution in [2.75, 3.05) is 11.9 Å². The number of hydrogen-bond donors (Lipinski definition) is 3. The van der Waals surface area contributed by atoms with Gasteiger partial charge in [0.25, 0.3) is 0 Å². The Balaban J connectivity index is 1.51. The second-order valence-electron chi connectivity index (χ2n) is 8.02. The fourth-order valence-corrected chi connectivity index (χ4v) is 4.97. The van der Waals surface area contributed by atoms with E-state index in [1.807, 2.05) is 23.8 Å². The number of fused-ring (bicyclic) bond motifs is 2. The van der Waals surface area contributed by atoms with E-state index >= 15 is 0 Å². The molecule has 32 heavy (non-hydrogen) atoms. The molecule has 3 aromatic rings. The maximum absolute atomic E-state index is 11.1. The standard InChI is InChI=1S/C21H26BrN5O4S/c1-2-13(11-31-32(23,29)30)19(28)10-27-8-7-17-20(24-12-25-21(17)27)26-18-6-3-14-9-15(22)4-5-16(14)18/h4-5,7-9,12-13,18-19,28H,2-3,6,10-11H2,1H3,(H2,23,29,30)(H,24,25,26)/t13-,18-,19-/m0/s1. The Kier molecular flexibility index (Phi) is 6.82. The average molecular weight is 524 g/mol. The van der Waals surface area contributed by atoms with Crippen molar-refractivity contribution in [1.29, 1.82) is 0 Å². The molecule has 0 radical (unpaired) electrons. The summed E-state index contributed by atoms with van der Waals surface area (Å²) in [6.07, 6.45) is 5.05. The maximum atomic E-state index is 11.1. The molecular weight excluding hydrogens is 498 g/mol. The molecule has 4 rings (SSSR count). The van der Waals surface area contributed by atoms with Crippen LogP contribution in [0.15, 0.2) is 41.3 Å². The lowest BCUT2D eigenvalue weighted by molar-refractivity contribution is 0.0616. The molecule has 11 heteroatoms. The molecule has 0 bridgehead atoms. The Bertz CT molecular complexity index is 1220. The molecular formula is C21H26BrN5O4S. The highest BCUT2D eigenvalue weighted by atomic mass is 79.9. The Labute approximate surface area is 195 Å². The van der Waals surface area contributed by atoms with Crippen LogP contribution in [0.2, 0.25) is 0 Å². The molecule has 0 saturated heterocycles. The minimum atomic E-state index is -4.05. The molecule has 0 unspecified atom stereocenters. The van der Waals surface area contributed by atoms with Gasteiger partial charge in [-0.05, 0) is 48.6 Å². The molecule has 0 amide bonds. The SMILES string of the molecule is CC[C@@H](COS(N)(=O)=O)[C@@H](O)Cn1ccc2c(N[C@H]3CCc4cc(Br)ccc43)ncnc21. The number of aliphatic hydroxyl groups excluding tert-OH is 1. The third kappa shape index (κ3) is 5.12. The van der Waals surface area contributed by atoms with Gasteiger partial charge in [-0.15, -0.1) is 0 Å². The third-order valence-corrected chi connectivity index (χ3v) is 6.91. The number of nitrogens with zero attached hydrogens (tertiary/aromatic N) is 3. The maximum Gasteiger partial charge on any atom is 0.333 e. The van der Waals surface area contributed by atoms with Crippen LogP contribution >= 0.6 is 15.9 Å². The first-order valence-electron chi connectivity index (χ1n) is 10.4. The van der Waals surface area contributed by atoms with Crippen LogP contribution in [0.1, 0.15) is 36.9 Å². The van der Waals surface area contributed by atoms with E-state index in [1.165, 1.54) is 17.5 Å². The van der Waals surface area contributed by atoms with Crippen LogP contribution in [-0.4, -0.2) is 40.8 Å². The van der Waals surface area contributed by atoms with Gasteiger partial charge in [-0.1, -0.05) is 28.9 Å². The summed E-state index contributed by atoms with van der Waals surface area (Å²) in [4.78, 5) is 8.86. The van der Waals surface area contributed by atoms with Gasteiger partial charge in [0.15, 0.2) is 0 Å². The number of anilines is 1. The molecule has 2 aromatic heterocycles. The summed E-state index contributed by atoms with van der Waals surface area (Å²) < 4.78 is 29.8. The smallest absolute Gasteiger partial charge is 0.333 e. The number of rotatable bonds is 9. The summed E-state index contributed by atoms with van der Waals surface area (Å²) in [5.41, 5.74) is 3.29. The lowest BCUT2D eigenvalue weighted by Gasteiger charge is -2.21. The number of aliphatic hydroxyl groups is 1. The highest BCUT2D eigenvalue weighted by Gasteiger charge is 2.25. The topological polar surface area (TPSA) is 132 Å². The number of aryl methyl sites for hydroxylation is 1. The monoisotopic (exact) mass is 523 g/mol. The molecule has 0 saturated carbocycles. The summed E-state index contributed by atoms with van der Waals surface area (Å²) in [6, 6.07) is 8.44. The number of benzene rings is 1. The number of nitrogens with two attached hydrogens (primary N) is 1. The van der Waals surface area contributed by atoms with Gasteiger partial charge in [0.05, 0.1) is 30.7 Å². The Morgan fingerprint density at radius 2 is 2.19 bits per heavy atom. The van der Waals surface area contributed by atoms with E-state index in [1.54, 1.807) is 0 Å². The summed E-state index contributed by atoms with van der Waals surface area (Å²) in [6.45, 7) is 1.93. The summed E-state index contributed by atoms with van der Waals surface area (Å²) in [5.74, 6) is 0.355. The van der Waals surface area contributed by atoms with E-state index in [-0.39, 0.29) is 25.1 Å². The van der Waals surface area contributed by atoms with E-state index in [4.69, 9.17) is 5.14 Å². The Morgan fingerprint density at radius 1 is 1.38 bits per heavy atom. The molecule has 1 aliphatic rings. The van der Waals surface area contributed by atoms with Crippen LogP contribution in [0.5, 0.6) is 0 Å². The Morgan fingerprint density at radius 3 is 2.94 bits per heavy atom. The number of halogens is 1. The molecule has 0 aliphatic heterocycles. The van der Waals surface area contributed by atoms with Crippen molar-refractivity contribution in [1.82, 2.24) is 14.5 Å². The molecule has 172 valence electrons. The predicted octanol–water partition coefficient (Wildman–Crippen LogP) is 2.90. The molecule has 9 nitrogen and oxygen atoms in total. The molecule has 0 fully saturated rings. The van der Waals surface area contributed by atoms with Crippen molar-refractivity contribution < 1.29 is 17.7 Å². The molecule has 1 aliphatic carbocycles. The van der Waals surface area contributed by atoms with Crippen LogP contribution in [0.25, 0.3) is 11.0 Å². The number of aromatic nitrogens is 3. The van der Waals surface area contributed by atoms with Crippen LogP contribution < -0.4 is 10.5 Å². The van der Waals surface area contributed by atoms with Crippen molar-refractivity contribution >= 4 is 43.1 Å². The fourth-order valence-electron chi connectivity index (χ4n) is 4.20. The predicted molar refractivity (Wildman–Crippen MR) is 125 cm³/mol. The average Bonchev–Trinajstić information content (AvgIpc) is 3.32. The van der Waals surface area contributed by atoms with E-state index in [2.05, 4.69) is 53.6 Å². The van der Waals surface area contributed by atoms with Gasteiger partial charge in [-0.2, -0.15) is 8.42 Å². The van der Waals surface area contributed by atoms with E-state index < -0.39 is 16.4 Å². The Hall–Kier alpha value is -2.05. The lowest BCUT2D eigenvalue weighted by Crippen LogP contribution is -2.31. The molecule has 0 spiro atoms. The van der Waals surface area contributed by atoms with E-state index in [0.29, 0.717) is 12.1 Å². The van der Waals surface area contributed by atoms with Crippen LogP contribution in [0, 0.1) is 5.92 Å². The van der Waals surface area contributed by atoms with Gasteiger partial charge in [0.2, 0.25) is 0 Å². The van der Waals surface area contributed by atoms with Crippen molar-refractivity contribution in [3.05, 3.63) is 52.4 Å². The van der Waals surface area contributed by atoms with Crippen molar-refractivity contribution in [3.63, 3.8) is 0 Å². The summed E-state index contributed by atoms with van der Waals surface area (Å²) in [5, 5.41) is 20.0. The van der Waals surface area contributed by atoms with Crippen LogP contribution in [-0.2, 0) is 27.5 Å². The number of hydrogen-bond acceptors (Lipinski definition) is 7. The highest BCUT2D eigenvalue weighted by Crippen LogP contribution is 2.36. The van der Waals surface area contributed by atoms with Gasteiger partial charge >= 0.3 is 10.3 Å². The van der Waals surface area contributed by atoms with Crippen LogP contribution in [0.3, 0.4) is 0 Å². The van der Waals surface area contributed by atoms with Crippen molar-refractivity contribution in [3.8, 4) is 0 Å². The second kappa shape index (κ2) is 9.44. The van der Waals surface area contributed by atoms with Gasteiger partial charge in [-0.25, -0.2) is 15.1 Å². The number of nitrogens with one attached hydrogen (secondary N) is 1. The van der Waals surface area contributed by atoms with Gasteiger partial charge in [-0.3, -0.25) is 4.18 Å². The third-order valence-electron chi connectivity index (χ3n) is 5.95. The van der Waals surface area contributed by atoms with Crippen molar-refractivity contribution in [2.24, 2.45) is 11.1 Å². The minimum absolute atomic E-state index is 0.171. The van der Waals surface area contributed by atoms with Gasteiger partial charge in [0, 0.05) is 16.6 Å². The zero-order valence-electron chi connectivity index (χ0n) is 17.6. The first-order valence-corrected chi connectivity index (χ1v) is 12.7.